The van der Waals surface area contributed by atoms with Crippen molar-refractivity contribution in [3.05, 3.63) is 83.6 Å². The highest BCUT2D eigenvalue weighted by Crippen LogP contribution is 2.35. The second-order valence-electron chi connectivity index (χ2n) is 7.07. The molecule has 0 aliphatic rings. The number of amidine groups is 1. The van der Waals surface area contributed by atoms with Gasteiger partial charge in [0.15, 0.2) is 5.17 Å². The van der Waals surface area contributed by atoms with E-state index in [0.29, 0.717) is 33.4 Å². The van der Waals surface area contributed by atoms with Crippen molar-refractivity contribution in [2.75, 3.05) is 19.0 Å². The monoisotopic (exact) mass is 457 g/mol. The number of anilines is 1. The van der Waals surface area contributed by atoms with Crippen molar-refractivity contribution in [1.82, 2.24) is 4.98 Å². The molecular formula is C23H22F3N5S. The molecule has 0 amide bonds. The number of nitrogens with zero attached hydrogens (tertiary/aromatic N) is 4. The van der Waals surface area contributed by atoms with Gasteiger partial charge in [0.2, 0.25) is 0 Å². The zero-order chi connectivity index (χ0) is 23.1. The van der Waals surface area contributed by atoms with Crippen LogP contribution in [-0.4, -0.2) is 30.5 Å². The van der Waals surface area contributed by atoms with E-state index >= 15 is 0 Å². The summed E-state index contributed by atoms with van der Waals surface area (Å²) >= 11 is 1.37. The van der Waals surface area contributed by atoms with Gasteiger partial charge in [-0.15, -0.1) is 5.10 Å². The first-order valence-electron chi connectivity index (χ1n) is 9.62. The second kappa shape index (κ2) is 10.3. The normalized spacial score (nSPS) is 12.3. The quantitative estimate of drug-likeness (QED) is 0.305. The topological polar surface area (TPSA) is 66.9 Å². The molecule has 32 heavy (non-hydrogen) atoms. The third-order valence-corrected chi connectivity index (χ3v) is 5.26. The maximum absolute atomic E-state index is 13.2. The predicted molar refractivity (Wildman–Crippen MR) is 126 cm³/mol. The van der Waals surface area contributed by atoms with Gasteiger partial charge in [0.05, 0.1) is 11.8 Å². The van der Waals surface area contributed by atoms with Gasteiger partial charge in [-0.2, -0.15) is 18.3 Å². The van der Waals surface area contributed by atoms with Crippen molar-refractivity contribution in [3.8, 4) is 11.1 Å². The summed E-state index contributed by atoms with van der Waals surface area (Å²) < 4.78 is 39.6. The number of rotatable bonds is 6. The Morgan fingerprint density at radius 3 is 2.53 bits per heavy atom. The van der Waals surface area contributed by atoms with E-state index in [2.05, 4.69) is 15.2 Å². The minimum absolute atomic E-state index is 0.318. The van der Waals surface area contributed by atoms with Crippen LogP contribution in [-0.2, 0) is 11.9 Å². The number of pyridine rings is 1. The Balaban J connectivity index is 1.79. The maximum Gasteiger partial charge on any atom is 0.417 e. The fourth-order valence-electron chi connectivity index (χ4n) is 2.88. The Morgan fingerprint density at radius 2 is 1.84 bits per heavy atom. The van der Waals surface area contributed by atoms with E-state index in [1.807, 2.05) is 30.3 Å². The zero-order valence-corrected chi connectivity index (χ0v) is 18.4. The van der Waals surface area contributed by atoms with Gasteiger partial charge in [0.1, 0.15) is 5.82 Å². The third-order valence-electron chi connectivity index (χ3n) is 4.41. The zero-order valence-electron chi connectivity index (χ0n) is 17.5. The molecule has 0 bridgehead atoms. The minimum Gasteiger partial charge on any atom is -0.377 e. The number of benzene rings is 2. The van der Waals surface area contributed by atoms with Crippen molar-refractivity contribution < 1.29 is 13.2 Å². The molecule has 5 nitrogen and oxygen atoms in total. The second-order valence-corrected chi connectivity index (χ2v) is 8.07. The molecule has 9 heteroatoms. The smallest absolute Gasteiger partial charge is 0.377 e. The average Bonchev–Trinajstić information content (AvgIpc) is 2.77. The molecule has 0 saturated carbocycles. The first-order valence-corrected chi connectivity index (χ1v) is 10.6. The van der Waals surface area contributed by atoms with Crippen LogP contribution < -0.4 is 10.6 Å². The molecule has 2 aromatic carbocycles. The summed E-state index contributed by atoms with van der Waals surface area (Å²) in [6, 6.07) is 18.0. The van der Waals surface area contributed by atoms with Gasteiger partial charge in [0.25, 0.3) is 0 Å². The number of aromatic nitrogens is 1. The van der Waals surface area contributed by atoms with Crippen LogP contribution in [0.4, 0.5) is 19.0 Å². The standard InChI is InChI=1S/C23H22F3N5S/c1-31(2)21-20(12-19(14-28-21)23(24,25)26)18-10-6-9-17(11-18)13-29-30-22(27)32-15-16-7-4-3-5-8-16/h3-14H,15H2,1-2H3,(H2,27,30). The number of halogens is 3. The minimum atomic E-state index is -4.48. The van der Waals surface area contributed by atoms with E-state index in [0.717, 1.165) is 17.8 Å². The van der Waals surface area contributed by atoms with Crippen LogP contribution in [0.3, 0.4) is 0 Å². The molecule has 0 aliphatic heterocycles. The summed E-state index contributed by atoms with van der Waals surface area (Å²) in [5.41, 5.74) is 7.86. The Bertz CT molecular complexity index is 1110. The summed E-state index contributed by atoms with van der Waals surface area (Å²) in [6.45, 7) is 0. The Kier molecular flexibility index (Phi) is 7.53. The highest BCUT2D eigenvalue weighted by molar-refractivity contribution is 8.13. The van der Waals surface area contributed by atoms with E-state index in [-0.39, 0.29) is 0 Å². The van der Waals surface area contributed by atoms with Gasteiger partial charge in [-0.05, 0) is 28.8 Å². The molecule has 0 atom stereocenters. The van der Waals surface area contributed by atoms with Gasteiger partial charge in [-0.1, -0.05) is 60.3 Å². The van der Waals surface area contributed by atoms with Crippen molar-refractivity contribution in [2.24, 2.45) is 15.9 Å². The van der Waals surface area contributed by atoms with Crippen LogP contribution in [0.15, 0.2) is 77.1 Å². The fraction of sp³-hybridized carbons (Fsp3) is 0.174. The van der Waals surface area contributed by atoms with Gasteiger partial charge in [-0.3, -0.25) is 0 Å². The number of alkyl halides is 3. The van der Waals surface area contributed by atoms with E-state index in [4.69, 9.17) is 5.73 Å². The summed E-state index contributed by atoms with van der Waals surface area (Å²) in [5.74, 6) is 1.11. The number of thioether (sulfide) groups is 1. The van der Waals surface area contributed by atoms with E-state index in [9.17, 15) is 13.2 Å². The molecule has 0 radical (unpaired) electrons. The van der Waals surface area contributed by atoms with E-state index in [1.165, 1.54) is 18.0 Å². The van der Waals surface area contributed by atoms with Gasteiger partial charge < -0.3 is 10.6 Å². The van der Waals surface area contributed by atoms with E-state index < -0.39 is 11.7 Å². The first kappa shape index (κ1) is 23.3. The largest absolute Gasteiger partial charge is 0.417 e. The summed E-state index contributed by atoms with van der Waals surface area (Å²) in [6.07, 6.45) is -2.13. The fourth-order valence-corrected chi connectivity index (χ4v) is 3.49. The number of hydrogen-bond donors (Lipinski definition) is 1. The highest BCUT2D eigenvalue weighted by Gasteiger charge is 2.32. The van der Waals surface area contributed by atoms with Gasteiger partial charge in [0, 0.05) is 31.6 Å². The Morgan fingerprint density at radius 1 is 1.09 bits per heavy atom. The Hall–Kier alpha value is -3.33. The molecule has 0 aliphatic carbocycles. The van der Waals surface area contributed by atoms with Crippen LogP contribution >= 0.6 is 11.8 Å². The van der Waals surface area contributed by atoms with Crippen molar-refractivity contribution in [1.29, 1.82) is 0 Å². The van der Waals surface area contributed by atoms with Crippen LogP contribution in [0.25, 0.3) is 11.1 Å². The molecule has 3 aromatic rings. The molecule has 2 N–H and O–H groups in total. The number of nitrogens with two attached hydrogens (primary N) is 1. The molecule has 3 rings (SSSR count). The summed E-state index contributed by atoms with van der Waals surface area (Å²) in [4.78, 5) is 5.68. The Labute approximate surface area is 188 Å². The number of hydrogen-bond acceptors (Lipinski definition) is 5. The molecule has 0 spiro atoms. The van der Waals surface area contributed by atoms with Crippen molar-refractivity contribution in [3.63, 3.8) is 0 Å². The molecule has 0 saturated heterocycles. The molecule has 0 unspecified atom stereocenters. The van der Waals surface area contributed by atoms with Crippen LogP contribution in [0.1, 0.15) is 16.7 Å². The average molecular weight is 458 g/mol. The lowest BCUT2D eigenvalue weighted by atomic mass is 10.0. The van der Waals surface area contributed by atoms with Crippen LogP contribution in [0.5, 0.6) is 0 Å². The lowest BCUT2D eigenvalue weighted by Crippen LogP contribution is -2.14. The highest BCUT2D eigenvalue weighted by atomic mass is 32.2. The van der Waals surface area contributed by atoms with Gasteiger partial charge >= 0.3 is 6.18 Å². The predicted octanol–water partition coefficient (Wildman–Crippen LogP) is 5.42. The van der Waals surface area contributed by atoms with Gasteiger partial charge in [-0.25, -0.2) is 4.98 Å². The summed E-state index contributed by atoms with van der Waals surface area (Å²) in [5, 5.41) is 8.32. The first-order chi connectivity index (χ1) is 15.2. The van der Waals surface area contributed by atoms with Crippen molar-refractivity contribution >= 4 is 29.0 Å². The SMILES string of the molecule is CN(C)c1ncc(C(F)(F)F)cc1-c1cccc(C=NN=C(N)SCc2ccccc2)c1. The third kappa shape index (κ3) is 6.34. The van der Waals surface area contributed by atoms with Crippen LogP contribution in [0.2, 0.25) is 0 Å². The lowest BCUT2D eigenvalue weighted by Gasteiger charge is -2.18. The summed E-state index contributed by atoms with van der Waals surface area (Å²) in [7, 11) is 3.46. The molecule has 1 aromatic heterocycles. The molecular weight excluding hydrogens is 435 g/mol. The lowest BCUT2D eigenvalue weighted by molar-refractivity contribution is -0.137. The maximum atomic E-state index is 13.2. The van der Waals surface area contributed by atoms with E-state index in [1.54, 1.807) is 43.3 Å². The van der Waals surface area contributed by atoms with Crippen molar-refractivity contribution in [2.45, 2.75) is 11.9 Å². The van der Waals surface area contributed by atoms with Crippen LogP contribution in [0, 0.1) is 0 Å². The molecule has 166 valence electrons. The molecule has 0 fully saturated rings. The molecule has 1 heterocycles.